The predicted molar refractivity (Wildman–Crippen MR) is 74.4 cm³/mol. The summed E-state index contributed by atoms with van der Waals surface area (Å²) in [6.07, 6.45) is 0. The lowest BCUT2D eigenvalue weighted by atomic mass is 10.1. The van der Waals surface area contributed by atoms with Crippen molar-refractivity contribution in [3.8, 4) is 0 Å². The van der Waals surface area contributed by atoms with E-state index in [9.17, 15) is 0 Å². The van der Waals surface area contributed by atoms with Crippen LogP contribution >= 0.6 is 11.8 Å². The van der Waals surface area contributed by atoms with Crippen LogP contribution < -0.4 is 0 Å². The van der Waals surface area contributed by atoms with Crippen molar-refractivity contribution >= 4 is 11.8 Å². The highest BCUT2D eigenvalue weighted by Gasteiger charge is 2.31. The molecule has 2 aliphatic heterocycles. The Kier molecular flexibility index (Phi) is 3.69. The van der Waals surface area contributed by atoms with Crippen LogP contribution in [0, 0.1) is 0 Å². The molecule has 0 radical (unpaired) electrons. The monoisotopic (exact) mass is 248 g/mol. The molecule has 1 aromatic rings. The number of benzene rings is 1. The lowest BCUT2D eigenvalue weighted by Gasteiger charge is -2.46. The lowest BCUT2D eigenvalue weighted by Crippen LogP contribution is -2.60. The molecule has 0 aromatic heterocycles. The van der Waals surface area contributed by atoms with Gasteiger partial charge in [0.2, 0.25) is 0 Å². The van der Waals surface area contributed by atoms with Gasteiger partial charge in [-0.25, -0.2) is 0 Å². The summed E-state index contributed by atoms with van der Waals surface area (Å²) in [4.78, 5) is 5.24. The van der Waals surface area contributed by atoms with E-state index in [0.29, 0.717) is 0 Å². The summed E-state index contributed by atoms with van der Waals surface area (Å²) in [5.41, 5.74) is 1.44. The normalized spacial score (nSPS) is 23.5. The van der Waals surface area contributed by atoms with Crippen molar-refractivity contribution < 1.29 is 0 Å². The highest BCUT2D eigenvalue weighted by molar-refractivity contribution is 7.99. The number of hydrogen-bond acceptors (Lipinski definition) is 3. The summed E-state index contributed by atoms with van der Waals surface area (Å²) in [6.45, 7) is 6.25. The largest absolute Gasteiger partial charge is 0.296 e. The van der Waals surface area contributed by atoms with Gasteiger partial charge in [0.15, 0.2) is 0 Å². The number of likely N-dealkylation sites (tertiary alicyclic amines) is 1. The van der Waals surface area contributed by atoms with Gasteiger partial charge in [0, 0.05) is 50.3 Å². The first-order valence-corrected chi connectivity index (χ1v) is 7.65. The molecule has 2 nitrogen and oxygen atoms in total. The molecule has 3 heteroatoms. The van der Waals surface area contributed by atoms with Crippen LogP contribution in [0.4, 0.5) is 0 Å². The SMILES string of the molecule is c1ccc(CN2CC(N3CCSCC3)C2)cc1. The van der Waals surface area contributed by atoms with E-state index in [1.54, 1.807) is 0 Å². The minimum atomic E-state index is 0.833. The molecular weight excluding hydrogens is 228 g/mol. The maximum Gasteiger partial charge on any atom is 0.0351 e. The third-order valence-corrected chi connectivity index (χ3v) is 4.69. The van der Waals surface area contributed by atoms with Gasteiger partial charge in [-0.15, -0.1) is 0 Å². The van der Waals surface area contributed by atoms with Gasteiger partial charge in [-0.3, -0.25) is 9.80 Å². The van der Waals surface area contributed by atoms with Gasteiger partial charge in [-0.1, -0.05) is 30.3 Å². The zero-order chi connectivity index (χ0) is 11.5. The molecule has 0 spiro atoms. The summed E-state index contributed by atoms with van der Waals surface area (Å²) in [5, 5.41) is 0. The van der Waals surface area contributed by atoms with Crippen molar-refractivity contribution in [3.63, 3.8) is 0 Å². The van der Waals surface area contributed by atoms with Gasteiger partial charge in [-0.2, -0.15) is 11.8 Å². The fraction of sp³-hybridized carbons (Fsp3) is 0.571. The van der Waals surface area contributed by atoms with Crippen LogP contribution in [0.3, 0.4) is 0 Å². The van der Waals surface area contributed by atoms with E-state index in [2.05, 4.69) is 51.9 Å². The van der Waals surface area contributed by atoms with Crippen molar-refractivity contribution in [3.05, 3.63) is 35.9 Å². The van der Waals surface area contributed by atoms with E-state index in [0.717, 1.165) is 12.6 Å². The molecule has 0 unspecified atom stereocenters. The van der Waals surface area contributed by atoms with Crippen LogP contribution in [0.5, 0.6) is 0 Å². The molecule has 2 heterocycles. The van der Waals surface area contributed by atoms with E-state index in [-0.39, 0.29) is 0 Å². The Bertz CT molecular complexity index is 342. The van der Waals surface area contributed by atoms with Crippen molar-refractivity contribution in [2.24, 2.45) is 0 Å². The van der Waals surface area contributed by atoms with E-state index in [1.807, 2.05) is 0 Å². The van der Waals surface area contributed by atoms with Crippen LogP contribution in [0.1, 0.15) is 5.56 Å². The Morgan fingerprint density at radius 2 is 1.76 bits per heavy atom. The number of thioether (sulfide) groups is 1. The number of rotatable bonds is 3. The van der Waals surface area contributed by atoms with Crippen LogP contribution in [-0.2, 0) is 6.54 Å². The van der Waals surface area contributed by atoms with Crippen molar-refractivity contribution in [1.29, 1.82) is 0 Å². The summed E-state index contributed by atoms with van der Waals surface area (Å²) in [6, 6.07) is 11.6. The molecule has 2 saturated heterocycles. The Hall–Kier alpha value is -0.510. The van der Waals surface area contributed by atoms with Crippen molar-refractivity contribution in [2.45, 2.75) is 12.6 Å². The van der Waals surface area contributed by atoms with Crippen molar-refractivity contribution in [2.75, 3.05) is 37.7 Å². The second-order valence-electron chi connectivity index (χ2n) is 4.98. The van der Waals surface area contributed by atoms with E-state index < -0.39 is 0 Å². The number of hydrogen-bond donors (Lipinski definition) is 0. The summed E-state index contributed by atoms with van der Waals surface area (Å²) in [7, 11) is 0. The predicted octanol–water partition coefficient (Wildman–Crippen LogP) is 1.92. The quantitative estimate of drug-likeness (QED) is 0.807. The van der Waals surface area contributed by atoms with E-state index in [1.165, 1.54) is 43.2 Å². The minimum Gasteiger partial charge on any atom is -0.296 e. The molecule has 1 aromatic carbocycles. The van der Waals surface area contributed by atoms with Crippen molar-refractivity contribution in [1.82, 2.24) is 9.80 Å². The van der Waals surface area contributed by atoms with Crippen LogP contribution in [0.15, 0.2) is 30.3 Å². The summed E-state index contributed by atoms with van der Waals surface area (Å²) >= 11 is 2.10. The average molecular weight is 248 g/mol. The molecule has 0 aliphatic carbocycles. The molecule has 0 bridgehead atoms. The first-order valence-electron chi connectivity index (χ1n) is 6.50. The third-order valence-electron chi connectivity index (χ3n) is 3.75. The molecule has 0 atom stereocenters. The summed E-state index contributed by atoms with van der Waals surface area (Å²) < 4.78 is 0. The molecule has 2 fully saturated rings. The van der Waals surface area contributed by atoms with E-state index >= 15 is 0 Å². The first-order chi connectivity index (χ1) is 8.42. The lowest BCUT2D eigenvalue weighted by molar-refractivity contribution is 0.0343. The third kappa shape index (κ3) is 2.84. The maximum atomic E-state index is 2.68. The molecule has 0 saturated carbocycles. The molecule has 0 N–H and O–H groups in total. The fourth-order valence-corrected chi connectivity index (χ4v) is 3.62. The van der Waals surface area contributed by atoms with Gasteiger partial charge in [-0.05, 0) is 5.56 Å². The Labute approximate surface area is 108 Å². The Balaban J connectivity index is 1.45. The molecule has 3 rings (SSSR count). The molecule has 92 valence electrons. The Morgan fingerprint density at radius 1 is 1.06 bits per heavy atom. The topological polar surface area (TPSA) is 6.48 Å². The molecule has 17 heavy (non-hydrogen) atoms. The first kappa shape index (κ1) is 11.6. The van der Waals surface area contributed by atoms with E-state index in [4.69, 9.17) is 0 Å². The average Bonchev–Trinajstić information content (AvgIpc) is 2.36. The second kappa shape index (κ2) is 5.42. The fourth-order valence-electron chi connectivity index (χ4n) is 2.69. The van der Waals surface area contributed by atoms with Gasteiger partial charge < -0.3 is 0 Å². The van der Waals surface area contributed by atoms with Gasteiger partial charge in [0.05, 0.1) is 0 Å². The molecule has 2 aliphatic rings. The van der Waals surface area contributed by atoms with Crippen LogP contribution in [-0.4, -0.2) is 53.5 Å². The van der Waals surface area contributed by atoms with Gasteiger partial charge in [0.1, 0.15) is 0 Å². The smallest absolute Gasteiger partial charge is 0.0351 e. The van der Waals surface area contributed by atoms with Crippen LogP contribution in [0.25, 0.3) is 0 Å². The zero-order valence-electron chi connectivity index (χ0n) is 10.2. The number of nitrogens with zero attached hydrogens (tertiary/aromatic N) is 2. The highest BCUT2D eigenvalue weighted by Crippen LogP contribution is 2.21. The zero-order valence-corrected chi connectivity index (χ0v) is 11.0. The molecular formula is C14H20N2S. The highest BCUT2D eigenvalue weighted by atomic mass is 32.2. The van der Waals surface area contributed by atoms with Crippen LogP contribution in [0.2, 0.25) is 0 Å². The minimum absolute atomic E-state index is 0.833. The second-order valence-corrected chi connectivity index (χ2v) is 6.21. The standard InChI is InChI=1S/C14H20N2S/c1-2-4-13(5-3-1)10-15-11-14(12-15)16-6-8-17-9-7-16/h1-5,14H,6-12H2. The Morgan fingerprint density at radius 3 is 2.47 bits per heavy atom. The van der Waals surface area contributed by atoms with Gasteiger partial charge >= 0.3 is 0 Å². The maximum absolute atomic E-state index is 2.68. The summed E-state index contributed by atoms with van der Waals surface area (Å²) in [5.74, 6) is 2.66. The van der Waals surface area contributed by atoms with Gasteiger partial charge in [0.25, 0.3) is 0 Å². The molecule has 0 amide bonds.